The average Bonchev–Trinajstić information content (AvgIpc) is 0.737. The molecule has 6 amide bonds. The van der Waals surface area contributed by atoms with Crippen molar-refractivity contribution in [2.75, 3.05) is 108 Å². The molecule has 7 atom stereocenters. The molecule has 4 aliphatic carbocycles. The minimum absolute atomic E-state index is 0.0229. The lowest BCUT2D eigenvalue weighted by Gasteiger charge is -2.69. The zero-order valence-electron chi connectivity index (χ0n) is 59.3. The summed E-state index contributed by atoms with van der Waals surface area (Å²) >= 11 is 1.41. The van der Waals surface area contributed by atoms with Gasteiger partial charge in [-0.05, 0) is 127 Å². The molecule has 2 unspecified atom stereocenters. The third kappa shape index (κ3) is 17.8. The van der Waals surface area contributed by atoms with Gasteiger partial charge in [0.15, 0.2) is 16.9 Å². The van der Waals surface area contributed by atoms with E-state index in [9.17, 15) is 63.9 Å². The number of hydrogen-bond donors (Lipinski definition) is 8. The number of anilines is 3. The summed E-state index contributed by atoms with van der Waals surface area (Å²) in [5.41, 5.74) is 5.07. The first-order chi connectivity index (χ1) is 50.8. The molecule has 4 bridgehead atoms. The van der Waals surface area contributed by atoms with Crippen LogP contribution in [0.3, 0.4) is 0 Å². The maximum absolute atomic E-state index is 13.8. The van der Waals surface area contributed by atoms with Crippen molar-refractivity contribution in [1.29, 1.82) is 0 Å². The number of carboxylic acid groups (broad SMARTS) is 2. The van der Waals surface area contributed by atoms with Gasteiger partial charge < -0.3 is 83.9 Å². The van der Waals surface area contributed by atoms with Crippen LogP contribution in [-0.4, -0.2) is 232 Å². The van der Waals surface area contributed by atoms with Gasteiger partial charge in [0.05, 0.1) is 87.1 Å². The summed E-state index contributed by atoms with van der Waals surface area (Å²) in [6.45, 7) is 9.31. The van der Waals surface area contributed by atoms with Gasteiger partial charge in [0.1, 0.15) is 43.1 Å². The molecule has 5 fully saturated rings. The molecule has 7 aliphatic rings. The van der Waals surface area contributed by atoms with Gasteiger partial charge in [-0.3, -0.25) is 38.9 Å². The number of hydrogen-bond acceptors (Lipinski definition) is 24. The Bertz CT molecular complexity index is 4250. The van der Waals surface area contributed by atoms with Crippen molar-refractivity contribution in [1.82, 2.24) is 34.9 Å². The predicted molar refractivity (Wildman–Crippen MR) is 381 cm³/mol. The Hall–Kier alpha value is -9.35. The van der Waals surface area contributed by atoms with Crippen LogP contribution in [0.4, 0.5) is 21.4 Å². The number of thiazole rings is 1. The second kappa shape index (κ2) is 32.8. The monoisotopic (exact) mass is 1480 g/mol. The van der Waals surface area contributed by atoms with Crippen molar-refractivity contribution in [3.63, 3.8) is 0 Å². The van der Waals surface area contributed by atoms with E-state index < -0.39 is 72.4 Å². The maximum Gasteiger partial charge on any atom is 0.409 e. The van der Waals surface area contributed by atoms with E-state index in [1.165, 1.54) is 53.6 Å². The Kier molecular flexibility index (Phi) is 23.6. The molecule has 6 heterocycles. The van der Waals surface area contributed by atoms with Crippen LogP contribution >= 0.6 is 11.3 Å². The molecule has 1 saturated heterocycles. The van der Waals surface area contributed by atoms with Crippen molar-refractivity contribution < 1.29 is 102 Å². The second-order valence-electron chi connectivity index (χ2n) is 28.8. The zero-order valence-corrected chi connectivity index (χ0v) is 60.1. The van der Waals surface area contributed by atoms with Crippen LogP contribution in [0.5, 0.6) is 5.75 Å². The first-order valence-corrected chi connectivity index (χ1v) is 36.0. The fraction of sp³-hybridized carbons (Fsp3) is 0.500. The number of nitrogens with zero attached hydrogens (tertiary/aromatic N) is 7. The van der Waals surface area contributed by atoms with Crippen LogP contribution in [0, 0.1) is 23.2 Å². The van der Waals surface area contributed by atoms with E-state index in [1.807, 2.05) is 65.0 Å². The number of ether oxygens (including phenoxy) is 8. The van der Waals surface area contributed by atoms with Crippen LogP contribution in [0.15, 0.2) is 91.1 Å². The Balaban J connectivity index is 0.581. The normalized spacial score (nSPS) is 24.3. The van der Waals surface area contributed by atoms with Gasteiger partial charge in [-0.15, -0.1) is 0 Å². The summed E-state index contributed by atoms with van der Waals surface area (Å²) in [4.78, 5) is 115. The number of fused-ring (bicyclic) bond motifs is 2. The molecular formula is C74H88N10O21S. The van der Waals surface area contributed by atoms with Gasteiger partial charge in [0.2, 0.25) is 18.1 Å². The molecule has 3 aromatic heterocycles. The number of para-hydroxylation sites is 1. The van der Waals surface area contributed by atoms with Crippen LogP contribution in [-0.2, 0) is 83.2 Å². The van der Waals surface area contributed by atoms with Gasteiger partial charge in [-0.1, -0.05) is 55.5 Å². The molecule has 13 rings (SSSR count). The van der Waals surface area contributed by atoms with E-state index >= 15 is 0 Å². The lowest BCUT2D eigenvalue weighted by molar-refractivity contribution is -0.271. The SMILES string of the molecule is Cc1c(-c2ccc(N3CCc4cccc(C(=O)Nc5nc6ccccc6s5)c4C3)nc2C(=O)O)cnn1CC12CC3(C)CC(C)(C1)CC(OCCOCCOCCN(C)C(=O)OCc1ccc(O[C@@H]4O[C@H](C(=O)O)[C@H](O)[C@H](O)[C@@H]4O)c(NC(=O)CCNC(=O)COCCOCCN4C(=O)C=CC4=O)c1)(C3)C2. The summed E-state index contributed by atoms with van der Waals surface area (Å²) in [5.74, 6) is -4.78. The average molecular weight is 1490 g/mol. The third-order valence-corrected chi connectivity index (χ3v) is 21.2. The van der Waals surface area contributed by atoms with Crippen molar-refractivity contribution in [3.05, 3.63) is 125 Å². The summed E-state index contributed by atoms with van der Waals surface area (Å²) in [6, 6.07) is 21.3. The molecular weight excluding hydrogens is 1400 g/mol. The number of aliphatic hydroxyl groups excluding tert-OH is 3. The fourth-order valence-corrected chi connectivity index (χ4v) is 17.4. The molecule has 8 N–H and O–H groups in total. The highest BCUT2D eigenvalue weighted by atomic mass is 32.1. The first kappa shape index (κ1) is 76.3. The topological polar surface area (TPSA) is 401 Å². The molecule has 6 aromatic rings. The van der Waals surface area contributed by atoms with Gasteiger partial charge in [0, 0.05) is 80.7 Å². The van der Waals surface area contributed by atoms with Crippen LogP contribution in [0.1, 0.15) is 102 Å². The van der Waals surface area contributed by atoms with E-state index in [0.717, 1.165) is 70.5 Å². The molecule has 3 aromatic carbocycles. The summed E-state index contributed by atoms with van der Waals surface area (Å²) in [5, 5.41) is 65.2. The van der Waals surface area contributed by atoms with E-state index in [0.29, 0.717) is 72.5 Å². The summed E-state index contributed by atoms with van der Waals surface area (Å²) in [6.07, 6.45) is -0.132. The number of likely N-dealkylation sites (N-methyl/N-ethyl adjacent to an activating group) is 1. The smallest absolute Gasteiger partial charge is 0.409 e. The third-order valence-electron chi connectivity index (χ3n) is 20.2. The lowest BCUT2D eigenvalue weighted by Crippen LogP contribution is -2.64. The minimum atomic E-state index is -1.99. The number of carbonyl (C=O) groups excluding carboxylic acids is 6. The molecule has 566 valence electrons. The molecule has 0 spiro atoms. The molecule has 4 saturated carbocycles. The number of nitrogens with one attached hydrogen (secondary N) is 3. The minimum Gasteiger partial charge on any atom is -0.479 e. The molecule has 31 nitrogen and oxygen atoms in total. The highest BCUT2D eigenvalue weighted by Gasteiger charge is 2.66. The van der Waals surface area contributed by atoms with Crippen LogP contribution in [0.25, 0.3) is 21.3 Å². The van der Waals surface area contributed by atoms with Gasteiger partial charge in [-0.25, -0.2) is 24.4 Å². The number of aromatic carboxylic acids is 1. The number of rotatable bonds is 34. The van der Waals surface area contributed by atoms with Crippen molar-refractivity contribution in [2.45, 2.75) is 128 Å². The summed E-state index contributed by atoms with van der Waals surface area (Å²) in [7, 11) is 1.53. The largest absolute Gasteiger partial charge is 0.479 e. The highest BCUT2D eigenvalue weighted by molar-refractivity contribution is 7.22. The number of aliphatic carboxylic acids is 1. The predicted octanol–water partition coefficient (Wildman–Crippen LogP) is 5.49. The maximum atomic E-state index is 13.8. The van der Waals surface area contributed by atoms with E-state index in [1.54, 1.807) is 12.3 Å². The fourth-order valence-electron chi connectivity index (χ4n) is 16.5. The molecule has 106 heavy (non-hydrogen) atoms. The number of aliphatic hydroxyl groups is 3. The molecule has 32 heteroatoms. The Labute approximate surface area is 614 Å². The van der Waals surface area contributed by atoms with E-state index in [-0.39, 0.29) is 124 Å². The number of carboxylic acids is 2. The second-order valence-corrected chi connectivity index (χ2v) is 29.8. The number of amides is 6. The number of aromatic nitrogens is 4. The van der Waals surface area contributed by atoms with Crippen molar-refractivity contribution in [3.8, 4) is 16.9 Å². The Morgan fingerprint density at radius 2 is 1.48 bits per heavy atom. The lowest BCUT2D eigenvalue weighted by atomic mass is 9.39. The van der Waals surface area contributed by atoms with Gasteiger partial charge in [0.25, 0.3) is 17.7 Å². The number of benzene rings is 3. The van der Waals surface area contributed by atoms with E-state index in [4.69, 9.17) is 48.0 Å². The Morgan fingerprint density at radius 3 is 2.23 bits per heavy atom. The standard InChI is InChI=1S/C74H88N10O21S/c1-44-49(47-13-15-55(79-60(47)66(93)94)82-21-19-46-8-7-9-48(50(46)34-82)65(92)80-69-78-51-10-5-6-11-54(51)106-69)33-76-84(44)43-73-38-71(2)37-72(3,39-73)41-74(40-71,42-73)103-31-30-100-27-26-98-24-22-81(4)70(97)102-35-45-12-14-53(104-68-63(91)61(89)62(90)64(105-68)67(95)96)52(32-45)77-56(85)18-20-75-57(86)36-101-29-28-99-25-23-83-58(87)16-17-59(83)88/h5-17,32-33,61-64,68,89-91H,18-31,34-43H2,1-4H3,(H,75,86)(H,77,85)(H,93,94)(H,95,96)(H,78,80,92)/t61-,62+,63-,64-,68+,71?,72?,73?,74?/m0/s1. The first-order valence-electron chi connectivity index (χ1n) is 35.2. The van der Waals surface area contributed by atoms with Gasteiger partial charge in [-0.2, -0.15) is 5.10 Å². The molecule has 0 radical (unpaired) electrons. The highest BCUT2D eigenvalue weighted by Crippen LogP contribution is 2.72. The molecule has 3 aliphatic heterocycles. The zero-order chi connectivity index (χ0) is 75.1. The number of carbonyl (C=O) groups is 8. The number of imide groups is 1. The Morgan fingerprint density at radius 1 is 0.755 bits per heavy atom. The van der Waals surface area contributed by atoms with E-state index in [2.05, 4.69) is 34.8 Å². The number of pyridine rings is 1. The van der Waals surface area contributed by atoms with Crippen LogP contribution in [0.2, 0.25) is 0 Å². The van der Waals surface area contributed by atoms with Gasteiger partial charge >= 0.3 is 18.0 Å². The summed E-state index contributed by atoms with van der Waals surface area (Å²) < 4.78 is 49.1. The van der Waals surface area contributed by atoms with Crippen molar-refractivity contribution in [2.24, 2.45) is 16.2 Å². The van der Waals surface area contributed by atoms with Crippen molar-refractivity contribution >= 4 is 85.8 Å². The van der Waals surface area contributed by atoms with Crippen LogP contribution < -0.4 is 25.6 Å². The quantitative estimate of drug-likeness (QED) is 0.0183.